The molecule has 0 spiro atoms. The Morgan fingerprint density at radius 1 is 1.00 bits per heavy atom. The van der Waals surface area contributed by atoms with Gasteiger partial charge in [-0.05, 0) is 29.8 Å². The van der Waals surface area contributed by atoms with E-state index in [0.717, 1.165) is 6.07 Å². The second kappa shape index (κ2) is 4.10. The third-order valence-electron chi connectivity index (χ3n) is 2.23. The van der Waals surface area contributed by atoms with E-state index in [0.29, 0.717) is 11.1 Å². The van der Waals surface area contributed by atoms with E-state index in [1.54, 1.807) is 6.07 Å². The van der Waals surface area contributed by atoms with Gasteiger partial charge in [0.1, 0.15) is 11.6 Å². The highest BCUT2D eigenvalue weighted by molar-refractivity contribution is 6.33. The van der Waals surface area contributed by atoms with Crippen LogP contribution in [0.2, 0.25) is 5.02 Å². The van der Waals surface area contributed by atoms with Crippen molar-refractivity contribution >= 4 is 17.3 Å². The highest BCUT2D eigenvalue weighted by atomic mass is 35.5. The molecule has 0 atom stereocenters. The number of anilines is 1. The third kappa shape index (κ3) is 1.99. The van der Waals surface area contributed by atoms with E-state index in [2.05, 4.69) is 0 Å². The van der Waals surface area contributed by atoms with Gasteiger partial charge in [0.15, 0.2) is 0 Å². The molecule has 0 heterocycles. The molecule has 2 aromatic carbocycles. The zero-order valence-corrected chi connectivity index (χ0v) is 8.93. The van der Waals surface area contributed by atoms with Crippen molar-refractivity contribution in [3.63, 3.8) is 0 Å². The number of benzene rings is 2. The van der Waals surface area contributed by atoms with Gasteiger partial charge in [-0.1, -0.05) is 23.7 Å². The minimum atomic E-state index is -0.501. The molecule has 2 aromatic rings. The average molecular weight is 240 g/mol. The van der Waals surface area contributed by atoms with Crippen molar-refractivity contribution in [1.29, 1.82) is 0 Å². The van der Waals surface area contributed by atoms with E-state index in [1.807, 2.05) is 0 Å². The summed E-state index contributed by atoms with van der Waals surface area (Å²) in [5, 5.41) is 0.124. The molecule has 0 fully saturated rings. The summed E-state index contributed by atoms with van der Waals surface area (Å²) in [6, 6.07) is 8.12. The van der Waals surface area contributed by atoms with Gasteiger partial charge in [-0.2, -0.15) is 0 Å². The van der Waals surface area contributed by atoms with Gasteiger partial charge in [-0.25, -0.2) is 8.78 Å². The largest absolute Gasteiger partial charge is 0.397 e. The summed E-state index contributed by atoms with van der Waals surface area (Å²) < 4.78 is 26.2. The first-order valence-corrected chi connectivity index (χ1v) is 4.96. The second-order valence-electron chi connectivity index (χ2n) is 3.36. The van der Waals surface area contributed by atoms with Crippen molar-refractivity contribution in [3.8, 4) is 11.1 Å². The number of halogens is 3. The Balaban J connectivity index is 2.64. The van der Waals surface area contributed by atoms with Crippen LogP contribution in [0.5, 0.6) is 0 Å². The fourth-order valence-electron chi connectivity index (χ4n) is 1.48. The number of hydrogen-bond donors (Lipinski definition) is 1. The van der Waals surface area contributed by atoms with Gasteiger partial charge in [0.05, 0.1) is 10.7 Å². The van der Waals surface area contributed by atoms with E-state index in [-0.39, 0.29) is 10.7 Å². The molecule has 0 aliphatic heterocycles. The molecule has 0 aliphatic carbocycles. The van der Waals surface area contributed by atoms with Crippen LogP contribution in [-0.4, -0.2) is 0 Å². The van der Waals surface area contributed by atoms with Crippen LogP contribution in [0.1, 0.15) is 0 Å². The summed E-state index contributed by atoms with van der Waals surface area (Å²) in [6.07, 6.45) is 0. The monoisotopic (exact) mass is 239 g/mol. The summed E-state index contributed by atoms with van der Waals surface area (Å²) in [6.45, 7) is 0. The van der Waals surface area contributed by atoms with Crippen LogP contribution in [0.3, 0.4) is 0 Å². The molecule has 0 aromatic heterocycles. The van der Waals surface area contributed by atoms with Crippen LogP contribution in [-0.2, 0) is 0 Å². The molecule has 0 radical (unpaired) electrons. The van der Waals surface area contributed by atoms with Gasteiger partial charge < -0.3 is 5.73 Å². The molecule has 0 amide bonds. The van der Waals surface area contributed by atoms with Gasteiger partial charge in [-0.3, -0.25) is 0 Å². The highest BCUT2D eigenvalue weighted by Crippen LogP contribution is 2.32. The molecule has 16 heavy (non-hydrogen) atoms. The van der Waals surface area contributed by atoms with E-state index in [9.17, 15) is 8.78 Å². The zero-order valence-electron chi connectivity index (χ0n) is 8.18. The predicted molar refractivity (Wildman–Crippen MR) is 61.2 cm³/mol. The predicted octanol–water partition coefficient (Wildman–Crippen LogP) is 3.87. The summed E-state index contributed by atoms with van der Waals surface area (Å²) in [5.41, 5.74) is 6.85. The normalized spacial score (nSPS) is 10.4. The van der Waals surface area contributed by atoms with Crippen molar-refractivity contribution in [2.45, 2.75) is 0 Å². The summed E-state index contributed by atoms with van der Waals surface area (Å²) in [7, 11) is 0. The van der Waals surface area contributed by atoms with Gasteiger partial charge in [0.25, 0.3) is 0 Å². The zero-order chi connectivity index (χ0) is 11.7. The SMILES string of the molecule is Nc1c(Cl)cc(F)cc1-c1cccc(F)c1. The Morgan fingerprint density at radius 3 is 2.44 bits per heavy atom. The maximum atomic E-state index is 13.2. The molecule has 82 valence electrons. The Bertz CT molecular complexity index is 541. The lowest BCUT2D eigenvalue weighted by molar-refractivity contribution is 0.626. The Labute approximate surface area is 96.5 Å². The molecule has 1 nitrogen and oxygen atoms in total. The van der Waals surface area contributed by atoms with Crippen molar-refractivity contribution in [2.75, 3.05) is 5.73 Å². The number of nitrogens with two attached hydrogens (primary N) is 1. The molecule has 4 heteroatoms. The van der Waals surface area contributed by atoms with Gasteiger partial charge >= 0.3 is 0 Å². The first kappa shape index (κ1) is 10.9. The van der Waals surface area contributed by atoms with Crippen LogP contribution >= 0.6 is 11.6 Å². The fraction of sp³-hybridized carbons (Fsp3) is 0. The summed E-state index contributed by atoms with van der Waals surface area (Å²) in [5.74, 6) is -0.907. The first-order valence-electron chi connectivity index (χ1n) is 4.58. The van der Waals surface area contributed by atoms with Crippen LogP contribution in [0, 0.1) is 11.6 Å². The van der Waals surface area contributed by atoms with Crippen LogP contribution in [0.4, 0.5) is 14.5 Å². The Kier molecular flexibility index (Phi) is 2.79. The van der Waals surface area contributed by atoms with Gasteiger partial charge in [0.2, 0.25) is 0 Å². The molecule has 2 rings (SSSR count). The topological polar surface area (TPSA) is 26.0 Å². The van der Waals surface area contributed by atoms with Gasteiger partial charge in [-0.15, -0.1) is 0 Å². The molecule has 0 saturated heterocycles. The van der Waals surface area contributed by atoms with E-state index in [4.69, 9.17) is 17.3 Å². The van der Waals surface area contributed by atoms with Crippen molar-refractivity contribution < 1.29 is 8.78 Å². The summed E-state index contributed by atoms with van der Waals surface area (Å²) in [4.78, 5) is 0. The standard InChI is InChI=1S/C12H8ClF2N/c13-11-6-9(15)5-10(12(11)16)7-2-1-3-8(14)4-7/h1-6H,16H2. The lowest BCUT2D eigenvalue weighted by Crippen LogP contribution is -1.93. The number of nitrogen functional groups attached to an aromatic ring is 1. The number of rotatable bonds is 1. The van der Waals surface area contributed by atoms with E-state index >= 15 is 0 Å². The maximum absolute atomic E-state index is 13.2. The van der Waals surface area contributed by atoms with Crippen LogP contribution in [0.25, 0.3) is 11.1 Å². The molecular weight excluding hydrogens is 232 g/mol. The van der Waals surface area contributed by atoms with Crippen LogP contribution in [0.15, 0.2) is 36.4 Å². The molecule has 0 aliphatic rings. The van der Waals surface area contributed by atoms with Crippen molar-refractivity contribution in [1.82, 2.24) is 0 Å². The maximum Gasteiger partial charge on any atom is 0.125 e. The lowest BCUT2D eigenvalue weighted by Gasteiger charge is -2.08. The Hall–Kier alpha value is -1.61. The molecule has 2 N–H and O–H groups in total. The van der Waals surface area contributed by atoms with Gasteiger partial charge in [0, 0.05) is 5.56 Å². The lowest BCUT2D eigenvalue weighted by atomic mass is 10.0. The minimum absolute atomic E-state index is 0.124. The van der Waals surface area contributed by atoms with Crippen LogP contribution < -0.4 is 5.73 Å². The van der Waals surface area contributed by atoms with Crippen molar-refractivity contribution in [2.24, 2.45) is 0 Å². The second-order valence-corrected chi connectivity index (χ2v) is 3.77. The molecule has 0 saturated carbocycles. The highest BCUT2D eigenvalue weighted by Gasteiger charge is 2.09. The summed E-state index contributed by atoms with van der Waals surface area (Å²) >= 11 is 5.75. The van der Waals surface area contributed by atoms with E-state index < -0.39 is 11.6 Å². The minimum Gasteiger partial charge on any atom is -0.397 e. The molecular formula is C12H8ClF2N. The van der Waals surface area contributed by atoms with Crippen molar-refractivity contribution in [3.05, 3.63) is 53.1 Å². The fourth-order valence-corrected chi connectivity index (χ4v) is 1.69. The first-order chi connectivity index (χ1) is 7.58. The number of hydrogen-bond acceptors (Lipinski definition) is 1. The molecule has 0 bridgehead atoms. The smallest absolute Gasteiger partial charge is 0.125 e. The molecule has 0 unspecified atom stereocenters. The Morgan fingerprint density at radius 2 is 1.75 bits per heavy atom. The third-order valence-corrected chi connectivity index (χ3v) is 2.54. The average Bonchev–Trinajstić information content (AvgIpc) is 2.23. The van der Waals surface area contributed by atoms with E-state index in [1.165, 1.54) is 24.3 Å². The quantitative estimate of drug-likeness (QED) is 0.751.